The van der Waals surface area contributed by atoms with E-state index in [9.17, 15) is 4.79 Å². The van der Waals surface area contributed by atoms with Gasteiger partial charge in [0.1, 0.15) is 5.78 Å². The molecule has 3 rings (SSSR count). The molecule has 1 aliphatic carbocycles. The minimum atomic E-state index is 0.220. The third-order valence-corrected chi connectivity index (χ3v) is 3.08. The van der Waals surface area contributed by atoms with E-state index in [0.717, 1.165) is 5.56 Å². The summed E-state index contributed by atoms with van der Waals surface area (Å²) in [6, 6.07) is 14.6. The van der Waals surface area contributed by atoms with Gasteiger partial charge < -0.3 is 0 Å². The number of Topliss-reactive ketones (excluding diaryl/α,β-unsaturated/α-hetero) is 1. The Hall–Kier alpha value is -1.89. The third kappa shape index (κ3) is 1.21. The van der Waals surface area contributed by atoms with E-state index in [1.807, 2.05) is 12.1 Å². The summed E-state index contributed by atoms with van der Waals surface area (Å²) < 4.78 is 0. The van der Waals surface area contributed by atoms with Gasteiger partial charge in [0.05, 0.1) is 0 Å². The molecule has 0 bridgehead atoms. The number of benzene rings is 2. The molecule has 0 saturated carbocycles. The normalized spacial score (nSPS) is 11.3. The molecule has 0 aromatic heterocycles. The number of ketones is 1. The molecular formula is C15H12O. The van der Waals surface area contributed by atoms with Gasteiger partial charge in [0.2, 0.25) is 0 Å². The van der Waals surface area contributed by atoms with Crippen molar-refractivity contribution >= 4 is 5.78 Å². The zero-order chi connectivity index (χ0) is 11.1. The first-order chi connectivity index (χ1) is 7.77. The van der Waals surface area contributed by atoms with Crippen LogP contribution in [0.2, 0.25) is 0 Å². The fourth-order valence-electron chi connectivity index (χ4n) is 2.43. The van der Waals surface area contributed by atoms with Gasteiger partial charge in [-0.25, -0.2) is 0 Å². The summed E-state index contributed by atoms with van der Waals surface area (Å²) >= 11 is 0. The molecule has 2 aromatic rings. The fourth-order valence-corrected chi connectivity index (χ4v) is 2.43. The van der Waals surface area contributed by atoms with Crippen LogP contribution in [0.15, 0.2) is 42.5 Å². The maximum atomic E-state index is 11.2. The van der Waals surface area contributed by atoms with Crippen LogP contribution in [-0.4, -0.2) is 5.78 Å². The van der Waals surface area contributed by atoms with E-state index >= 15 is 0 Å². The molecule has 0 aliphatic heterocycles. The van der Waals surface area contributed by atoms with Crippen LogP contribution in [-0.2, 0) is 11.2 Å². The summed E-state index contributed by atoms with van der Waals surface area (Å²) in [5.41, 5.74) is 6.31. The predicted molar refractivity (Wildman–Crippen MR) is 65.3 cm³/mol. The Morgan fingerprint density at radius 3 is 2.38 bits per heavy atom. The highest BCUT2D eigenvalue weighted by Crippen LogP contribution is 2.48. The summed E-state index contributed by atoms with van der Waals surface area (Å²) in [5, 5.41) is 0. The lowest BCUT2D eigenvalue weighted by Crippen LogP contribution is -2.05. The van der Waals surface area contributed by atoms with Crippen LogP contribution in [0.4, 0.5) is 0 Å². The molecule has 0 unspecified atom stereocenters. The molecule has 78 valence electrons. The van der Waals surface area contributed by atoms with Crippen molar-refractivity contribution in [3.63, 3.8) is 0 Å². The standard InChI is InChI=1S/C15H12O/c1-10(16)9-11-5-4-8-14-12-6-2-3-7-13(12)15(11)14/h2-8H,9H2,1H3. The predicted octanol–water partition coefficient (Wildman–Crippen LogP) is 3.47. The molecule has 0 amide bonds. The van der Waals surface area contributed by atoms with E-state index < -0.39 is 0 Å². The smallest absolute Gasteiger partial charge is 0.134 e. The van der Waals surface area contributed by atoms with Gasteiger partial charge in [0.25, 0.3) is 0 Å². The van der Waals surface area contributed by atoms with E-state index in [1.165, 1.54) is 22.3 Å². The second kappa shape index (κ2) is 3.31. The largest absolute Gasteiger partial charge is 0.300 e. The Morgan fingerprint density at radius 1 is 0.938 bits per heavy atom. The molecule has 0 N–H and O–H groups in total. The maximum absolute atomic E-state index is 11.2. The summed E-state index contributed by atoms with van der Waals surface area (Å²) in [5.74, 6) is 0.220. The summed E-state index contributed by atoms with van der Waals surface area (Å²) in [7, 11) is 0. The van der Waals surface area contributed by atoms with Gasteiger partial charge in [-0.1, -0.05) is 42.5 Å². The SMILES string of the molecule is CC(=O)Cc1cccc2c1-c1ccccc1-2. The van der Waals surface area contributed by atoms with Crippen molar-refractivity contribution in [2.75, 3.05) is 0 Å². The lowest BCUT2D eigenvalue weighted by atomic mass is 9.77. The number of rotatable bonds is 2. The van der Waals surface area contributed by atoms with Crippen molar-refractivity contribution in [1.82, 2.24) is 0 Å². The van der Waals surface area contributed by atoms with Gasteiger partial charge in [-0.15, -0.1) is 0 Å². The van der Waals surface area contributed by atoms with Gasteiger partial charge in [-0.3, -0.25) is 4.79 Å². The first kappa shape index (κ1) is 9.34. The third-order valence-electron chi connectivity index (χ3n) is 3.08. The molecule has 1 nitrogen and oxygen atoms in total. The monoisotopic (exact) mass is 208 g/mol. The molecule has 0 atom stereocenters. The zero-order valence-electron chi connectivity index (χ0n) is 9.16. The number of carbonyl (C=O) groups excluding carboxylic acids is 1. The molecule has 0 fully saturated rings. The first-order valence-corrected chi connectivity index (χ1v) is 5.48. The molecule has 0 saturated heterocycles. The molecule has 1 heteroatoms. The van der Waals surface area contributed by atoms with Crippen LogP contribution in [0, 0.1) is 0 Å². The van der Waals surface area contributed by atoms with Gasteiger partial charge in [-0.2, -0.15) is 0 Å². The Kier molecular flexibility index (Phi) is 1.93. The van der Waals surface area contributed by atoms with E-state index in [1.54, 1.807) is 6.92 Å². The van der Waals surface area contributed by atoms with Gasteiger partial charge in [0, 0.05) is 6.42 Å². The fraction of sp³-hybridized carbons (Fsp3) is 0.133. The molecular weight excluding hydrogens is 196 g/mol. The number of hydrogen-bond donors (Lipinski definition) is 0. The van der Waals surface area contributed by atoms with Crippen LogP contribution in [0.3, 0.4) is 0 Å². The van der Waals surface area contributed by atoms with Crippen molar-refractivity contribution in [3.05, 3.63) is 48.0 Å². The molecule has 0 spiro atoms. The Bertz CT molecular complexity index is 582. The Morgan fingerprint density at radius 2 is 1.62 bits per heavy atom. The van der Waals surface area contributed by atoms with E-state index in [-0.39, 0.29) is 5.78 Å². The second-order valence-electron chi connectivity index (χ2n) is 4.26. The van der Waals surface area contributed by atoms with E-state index in [4.69, 9.17) is 0 Å². The molecule has 0 heterocycles. The highest BCUT2D eigenvalue weighted by atomic mass is 16.1. The minimum Gasteiger partial charge on any atom is -0.300 e. The lowest BCUT2D eigenvalue weighted by Gasteiger charge is -2.26. The molecule has 16 heavy (non-hydrogen) atoms. The molecule has 2 aromatic carbocycles. The van der Waals surface area contributed by atoms with Gasteiger partial charge >= 0.3 is 0 Å². The number of carbonyl (C=O) groups is 1. The minimum absolute atomic E-state index is 0.220. The topological polar surface area (TPSA) is 17.1 Å². The van der Waals surface area contributed by atoms with Crippen molar-refractivity contribution < 1.29 is 4.79 Å². The average molecular weight is 208 g/mol. The number of fused-ring (bicyclic) bond motifs is 4. The van der Waals surface area contributed by atoms with Crippen molar-refractivity contribution in [1.29, 1.82) is 0 Å². The van der Waals surface area contributed by atoms with Crippen molar-refractivity contribution in [2.24, 2.45) is 0 Å². The van der Waals surface area contributed by atoms with Gasteiger partial charge in [-0.05, 0) is 34.7 Å². The zero-order valence-corrected chi connectivity index (χ0v) is 9.16. The van der Waals surface area contributed by atoms with E-state index in [0.29, 0.717) is 6.42 Å². The maximum Gasteiger partial charge on any atom is 0.134 e. The summed E-state index contributed by atoms with van der Waals surface area (Å²) in [6.45, 7) is 1.64. The molecule has 0 radical (unpaired) electrons. The summed E-state index contributed by atoms with van der Waals surface area (Å²) in [4.78, 5) is 11.2. The Labute approximate surface area is 94.7 Å². The lowest BCUT2D eigenvalue weighted by molar-refractivity contribution is -0.116. The Balaban J connectivity index is 2.14. The number of hydrogen-bond acceptors (Lipinski definition) is 1. The van der Waals surface area contributed by atoms with E-state index in [2.05, 4.69) is 30.3 Å². The van der Waals surface area contributed by atoms with Crippen LogP contribution >= 0.6 is 0 Å². The highest BCUT2D eigenvalue weighted by Gasteiger charge is 2.24. The van der Waals surface area contributed by atoms with Crippen LogP contribution < -0.4 is 0 Å². The summed E-state index contributed by atoms with van der Waals surface area (Å²) in [6.07, 6.45) is 0.539. The van der Waals surface area contributed by atoms with Crippen LogP contribution in [0.5, 0.6) is 0 Å². The van der Waals surface area contributed by atoms with Crippen molar-refractivity contribution in [3.8, 4) is 22.3 Å². The average Bonchev–Trinajstić information content (AvgIpc) is 2.24. The molecule has 1 aliphatic rings. The van der Waals surface area contributed by atoms with Gasteiger partial charge in [0.15, 0.2) is 0 Å². The quantitative estimate of drug-likeness (QED) is 0.630. The highest BCUT2D eigenvalue weighted by molar-refractivity contribution is 6.04. The second-order valence-corrected chi connectivity index (χ2v) is 4.26. The van der Waals surface area contributed by atoms with Crippen LogP contribution in [0.1, 0.15) is 12.5 Å². The first-order valence-electron chi connectivity index (χ1n) is 5.48. The van der Waals surface area contributed by atoms with Crippen molar-refractivity contribution in [2.45, 2.75) is 13.3 Å². The van der Waals surface area contributed by atoms with Crippen LogP contribution in [0.25, 0.3) is 22.3 Å².